The van der Waals surface area contributed by atoms with E-state index in [1.807, 2.05) is 38.1 Å². The molecule has 1 aliphatic rings. The van der Waals surface area contributed by atoms with Gasteiger partial charge in [-0.3, -0.25) is 9.59 Å². The molecule has 2 rings (SSSR count). The van der Waals surface area contributed by atoms with Crippen LogP contribution in [-0.2, 0) is 16.1 Å². The summed E-state index contributed by atoms with van der Waals surface area (Å²) in [5.74, 6) is -0.00525. The van der Waals surface area contributed by atoms with E-state index in [2.05, 4.69) is 21.2 Å². The molecule has 20 heavy (non-hydrogen) atoms. The summed E-state index contributed by atoms with van der Waals surface area (Å²) >= 11 is 3.42. The predicted molar refractivity (Wildman–Crippen MR) is 80.9 cm³/mol. The molecular weight excluding hydrogens is 320 g/mol. The van der Waals surface area contributed by atoms with Crippen molar-refractivity contribution >= 4 is 27.7 Å². The smallest absolute Gasteiger partial charge is 0.246 e. The highest BCUT2D eigenvalue weighted by Gasteiger charge is 2.39. The van der Waals surface area contributed by atoms with E-state index < -0.39 is 12.1 Å². The van der Waals surface area contributed by atoms with Crippen molar-refractivity contribution in [2.24, 2.45) is 5.92 Å². The summed E-state index contributed by atoms with van der Waals surface area (Å²) in [5.41, 5.74) is 1.01. The second-order valence-corrected chi connectivity index (χ2v) is 6.42. The molecule has 0 spiro atoms. The Kier molecular flexibility index (Phi) is 4.48. The summed E-state index contributed by atoms with van der Waals surface area (Å²) in [6.45, 7) is 6.10. The Bertz CT molecular complexity index is 530. The van der Waals surface area contributed by atoms with Crippen molar-refractivity contribution in [1.29, 1.82) is 0 Å². The molecule has 1 N–H and O–H groups in total. The highest BCUT2D eigenvalue weighted by atomic mass is 79.9. The van der Waals surface area contributed by atoms with Gasteiger partial charge in [0.15, 0.2) is 0 Å². The first-order valence-corrected chi connectivity index (χ1v) is 7.54. The van der Waals surface area contributed by atoms with Gasteiger partial charge in [-0.1, -0.05) is 41.9 Å². The Labute approximate surface area is 127 Å². The highest BCUT2D eigenvalue weighted by molar-refractivity contribution is 9.10. The van der Waals surface area contributed by atoms with Crippen LogP contribution in [0.5, 0.6) is 0 Å². The third-order valence-corrected chi connectivity index (χ3v) is 4.10. The van der Waals surface area contributed by atoms with Crippen molar-refractivity contribution in [3.63, 3.8) is 0 Å². The van der Waals surface area contributed by atoms with Crippen LogP contribution in [0.25, 0.3) is 0 Å². The molecular formula is C15H19BrN2O2. The number of halogens is 1. The molecule has 0 radical (unpaired) electrons. The zero-order chi connectivity index (χ0) is 14.9. The number of nitrogens with one attached hydrogen (secondary N) is 1. The van der Waals surface area contributed by atoms with E-state index in [-0.39, 0.29) is 17.7 Å². The second kappa shape index (κ2) is 5.95. The Morgan fingerprint density at radius 1 is 1.35 bits per heavy atom. The molecule has 0 aromatic heterocycles. The van der Waals surface area contributed by atoms with Gasteiger partial charge in [-0.2, -0.15) is 0 Å². The van der Waals surface area contributed by atoms with Crippen LogP contribution in [0, 0.1) is 5.92 Å². The molecule has 1 saturated heterocycles. The fourth-order valence-electron chi connectivity index (χ4n) is 2.35. The van der Waals surface area contributed by atoms with Gasteiger partial charge < -0.3 is 10.2 Å². The lowest BCUT2D eigenvalue weighted by atomic mass is 9.98. The molecule has 4 nitrogen and oxygen atoms in total. The van der Waals surface area contributed by atoms with Crippen LogP contribution >= 0.6 is 15.9 Å². The number of carbonyl (C=O) groups excluding carboxylic acids is 2. The first kappa shape index (κ1) is 15.0. The van der Waals surface area contributed by atoms with Gasteiger partial charge in [0.25, 0.3) is 0 Å². The first-order chi connectivity index (χ1) is 9.40. The summed E-state index contributed by atoms with van der Waals surface area (Å²) in [5, 5.41) is 2.80. The van der Waals surface area contributed by atoms with Gasteiger partial charge in [0, 0.05) is 11.0 Å². The summed E-state index contributed by atoms with van der Waals surface area (Å²) in [6, 6.07) is 6.94. The van der Waals surface area contributed by atoms with E-state index in [1.54, 1.807) is 11.8 Å². The van der Waals surface area contributed by atoms with E-state index >= 15 is 0 Å². The fourth-order valence-corrected chi connectivity index (χ4v) is 2.79. The van der Waals surface area contributed by atoms with Gasteiger partial charge in [-0.25, -0.2) is 0 Å². The zero-order valence-electron chi connectivity index (χ0n) is 11.9. The summed E-state index contributed by atoms with van der Waals surface area (Å²) in [4.78, 5) is 26.2. The number of benzene rings is 1. The number of rotatable bonds is 3. The van der Waals surface area contributed by atoms with E-state index in [4.69, 9.17) is 0 Å². The maximum atomic E-state index is 12.5. The van der Waals surface area contributed by atoms with Crippen molar-refractivity contribution in [2.75, 3.05) is 0 Å². The Morgan fingerprint density at radius 3 is 2.65 bits per heavy atom. The number of carbonyl (C=O) groups is 2. The van der Waals surface area contributed by atoms with Gasteiger partial charge in [-0.15, -0.1) is 0 Å². The minimum Gasteiger partial charge on any atom is -0.342 e. The fraction of sp³-hybridized carbons (Fsp3) is 0.467. The SMILES string of the molecule is CC(C)C1NC(=O)C(C)N(Cc2cccc(Br)c2)C1=O. The normalized spacial score (nSPS) is 23.1. The van der Waals surface area contributed by atoms with Crippen molar-refractivity contribution < 1.29 is 9.59 Å². The first-order valence-electron chi connectivity index (χ1n) is 6.75. The third kappa shape index (κ3) is 3.03. The molecule has 0 bridgehead atoms. The lowest BCUT2D eigenvalue weighted by Crippen LogP contribution is -2.63. The number of amides is 2. The summed E-state index contributed by atoms with van der Waals surface area (Å²) in [6.07, 6.45) is 0. The average molecular weight is 339 g/mol. The molecule has 0 saturated carbocycles. The topological polar surface area (TPSA) is 49.4 Å². The van der Waals surface area contributed by atoms with Crippen LogP contribution in [0.3, 0.4) is 0 Å². The minimum absolute atomic E-state index is 0.00734. The van der Waals surface area contributed by atoms with E-state index in [1.165, 1.54) is 0 Å². The molecule has 1 aliphatic heterocycles. The van der Waals surface area contributed by atoms with Crippen LogP contribution in [0.4, 0.5) is 0 Å². The minimum atomic E-state index is -0.434. The monoisotopic (exact) mass is 338 g/mol. The maximum Gasteiger partial charge on any atom is 0.246 e. The van der Waals surface area contributed by atoms with E-state index in [0.717, 1.165) is 10.0 Å². The molecule has 2 unspecified atom stereocenters. The van der Waals surface area contributed by atoms with Crippen LogP contribution in [-0.4, -0.2) is 28.8 Å². The average Bonchev–Trinajstić information content (AvgIpc) is 2.38. The molecule has 5 heteroatoms. The van der Waals surface area contributed by atoms with Crippen molar-refractivity contribution in [3.05, 3.63) is 34.3 Å². The predicted octanol–water partition coefficient (Wildman–Crippen LogP) is 2.32. The summed E-state index contributed by atoms with van der Waals surface area (Å²) < 4.78 is 0.969. The van der Waals surface area contributed by atoms with Crippen LogP contribution in [0.15, 0.2) is 28.7 Å². The molecule has 1 aromatic rings. The molecule has 0 aliphatic carbocycles. The second-order valence-electron chi connectivity index (χ2n) is 5.50. The molecule has 2 amide bonds. The van der Waals surface area contributed by atoms with E-state index in [9.17, 15) is 9.59 Å². The maximum absolute atomic E-state index is 12.5. The van der Waals surface area contributed by atoms with Crippen LogP contribution < -0.4 is 5.32 Å². The largest absolute Gasteiger partial charge is 0.342 e. The quantitative estimate of drug-likeness (QED) is 0.919. The lowest BCUT2D eigenvalue weighted by Gasteiger charge is -2.38. The third-order valence-electron chi connectivity index (χ3n) is 3.60. The molecule has 2 atom stereocenters. The van der Waals surface area contributed by atoms with Crippen molar-refractivity contribution in [2.45, 2.75) is 39.4 Å². The van der Waals surface area contributed by atoms with Crippen molar-refractivity contribution in [1.82, 2.24) is 10.2 Å². The van der Waals surface area contributed by atoms with Crippen LogP contribution in [0.2, 0.25) is 0 Å². The molecule has 1 fully saturated rings. The van der Waals surface area contributed by atoms with Gasteiger partial charge in [-0.05, 0) is 30.5 Å². The standard InChI is InChI=1S/C15H19BrN2O2/c1-9(2)13-15(20)18(10(3)14(19)17-13)8-11-5-4-6-12(16)7-11/h4-7,9-10,13H,8H2,1-3H3,(H,17,19). The van der Waals surface area contributed by atoms with Gasteiger partial charge >= 0.3 is 0 Å². The lowest BCUT2D eigenvalue weighted by molar-refractivity contribution is -0.150. The zero-order valence-corrected chi connectivity index (χ0v) is 13.5. The molecule has 108 valence electrons. The van der Waals surface area contributed by atoms with Gasteiger partial charge in [0.1, 0.15) is 12.1 Å². The summed E-state index contributed by atoms with van der Waals surface area (Å²) in [7, 11) is 0. The number of hydrogen-bond acceptors (Lipinski definition) is 2. The Hall–Kier alpha value is -1.36. The molecule has 1 aromatic carbocycles. The Balaban J connectivity index is 2.23. The Morgan fingerprint density at radius 2 is 2.05 bits per heavy atom. The number of nitrogens with zero attached hydrogens (tertiary/aromatic N) is 1. The van der Waals surface area contributed by atoms with Gasteiger partial charge in [0.05, 0.1) is 0 Å². The van der Waals surface area contributed by atoms with Gasteiger partial charge in [0.2, 0.25) is 11.8 Å². The number of piperazine rings is 1. The van der Waals surface area contributed by atoms with E-state index in [0.29, 0.717) is 6.54 Å². The molecule has 1 heterocycles. The highest BCUT2D eigenvalue weighted by Crippen LogP contribution is 2.20. The van der Waals surface area contributed by atoms with Crippen LogP contribution in [0.1, 0.15) is 26.3 Å². The van der Waals surface area contributed by atoms with Crippen molar-refractivity contribution in [3.8, 4) is 0 Å². The number of hydrogen-bond donors (Lipinski definition) is 1.